The predicted octanol–water partition coefficient (Wildman–Crippen LogP) is 0.239. The van der Waals surface area contributed by atoms with Gasteiger partial charge in [-0.05, 0) is 37.1 Å². The van der Waals surface area contributed by atoms with Crippen LogP contribution in [0.25, 0.3) is 0 Å². The van der Waals surface area contributed by atoms with Crippen molar-refractivity contribution in [1.82, 2.24) is 4.72 Å². The number of aryl methyl sites for hydroxylation is 1. The maximum absolute atomic E-state index is 12.0. The molecule has 0 aliphatic carbocycles. The van der Waals surface area contributed by atoms with Crippen molar-refractivity contribution in [3.63, 3.8) is 0 Å². The molecule has 0 spiro atoms. The highest BCUT2D eigenvalue weighted by Gasteiger charge is 2.19. The van der Waals surface area contributed by atoms with Crippen molar-refractivity contribution < 1.29 is 18.3 Å². The van der Waals surface area contributed by atoms with Gasteiger partial charge in [0, 0.05) is 13.1 Å². The van der Waals surface area contributed by atoms with Crippen LogP contribution in [0.5, 0.6) is 0 Å². The van der Waals surface area contributed by atoms with Gasteiger partial charge in [-0.2, -0.15) is 0 Å². The molecule has 4 N–H and O–H groups in total. The van der Waals surface area contributed by atoms with Crippen LogP contribution in [-0.2, 0) is 10.0 Å². The van der Waals surface area contributed by atoms with E-state index in [0.717, 1.165) is 6.07 Å². The summed E-state index contributed by atoms with van der Waals surface area (Å²) in [5, 5.41) is 8.93. The van der Waals surface area contributed by atoms with Gasteiger partial charge in [0.15, 0.2) is 0 Å². The molecule has 100 valence electrons. The number of carbonyl (C=O) groups is 1. The minimum absolute atomic E-state index is 0.0200. The van der Waals surface area contributed by atoms with Crippen LogP contribution in [0.4, 0.5) is 0 Å². The largest absolute Gasteiger partial charge is 0.478 e. The van der Waals surface area contributed by atoms with Crippen molar-refractivity contribution in [2.24, 2.45) is 5.73 Å². The molecule has 0 aliphatic rings. The molecule has 0 heterocycles. The molecule has 1 aromatic carbocycles. The number of rotatable bonds is 5. The van der Waals surface area contributed by atoms with E-state index in [9.17, 15) is 13.2 Å². The number of aromatic carboxylic acids is 1. The van der Waals surface area contributed by atoms with E-state index in [4.69, 9.17) is 10.8 Å². The van der Waals surface area contributed by atoms with Gasteiger partial charge in [0.1, 0.15) is 0 Å². The van der Waals surface area contributed by atoms with Crippen molar-refractivity contribution in [3.05, 3.63) is 28.8 Å². The second-order valence-corrected chi connectivity index (χ2v) is 5.64. The van der Waals surface area contributed by atoms with Gasteiger partial charge < -0.3 is 10.8 Å². The zero-order chi connectivity index (χ0) is 13.9. The molecule has 0 unspecified atom stereocenters. The third-order valence-electron chi connectivity index (χ3n) is 2.59. The summed E-state index contributed by atoms with van der Waals surface area (Å²) in [6, 6.07) is 2.60. The molecular formula is C11H16N2O4S. The molecule has 18 heavy (non-hydrogen) atoms. The van der Waals surface area contributed by atoms with E-state index in [2.05, 4.69) is 4.72 Å². The molecule has 0 aromatic heterocycles. The molecule has 0 radical (unpaired) electrons. The van der Waals surface area contributed by atoms with E-state index in [0.29, 0.717) is 11.1 Å². The van der Waals surface area contributed by atoms with Crippen LogP contribution >= 0.6 is 0 Å². The molecule has 7 heteroatoms. The van der Waals surface area contributed by atoms with Gasteiger partial charge in [0.05, 0.1) is 10.5 Å². The smallest absolute Gasteiger partial charge is 0.335 e. The molecule has 1 aromatic rings. The molecule has 0 saturated carbocycles. The number of hydrogen-bond acceptors (Lipinski definition) is 4. The molecule has 0 bridgehead atoms. The molecule has 0 fully saturated rings. The van der Waals surface area contributed by atoms with Crippen molar-refractivity contribution in [2.75, 3.05) is 13.1 Å². The first-order valence-electron chi connectivity index (χ1n) is 5.34. The Morgan fingerprint density at radius 2 is 2.00 bits per heavy atom. The second-order valence-electron chi connectivity index (χ2n) is 3.91. The summed E-state index contributed by atoms with van der Waals surface area (Å²) >= 11 is 0. The van der Waals surface area contributed by atoms with Gasteiger partial charge >= 0.3 is 5.97 Å². The number of hydrogen-bond donors (Lipinski definition) is 3. The van der Waals surface area contributed by atoms with Crippen LogP contribution in [-0.4, -0.2) is 32.6 Å². The van der Waals surface area contributed by atoms with Crippen molar-refractivity contribution >= 4 is 16.0 Å². The highest BCUT2D eigenvalue weighted by molar-refractivity contribution is 7.89. The normalized spacial score (nSPS) is 11.5. The van der Waals surface area contributed by atoms with Crippen LogP contribution in [0.15, 0.2) is 17.0 Å². The number of benzene rings is 1. The van der Waals surface area contributed by atoms with E-state index in [-0.39, 0.29) is 23.5 Å². The number of nitrogens with two attached hydrogens (primary N) is 1. The van der Waals surface area contributed by atoms with Crippen LogP contribution < -0.4 is 10.5 Å². The fraction of sp³-hybridized carbons (Fsp3) is 0.364. The zero-order valence-electron chi connectivity index (χ0n) is 10.2. The fourth-order valence-corrected chi connectivity index (χ4v) is 2.89. The molecular weight excluding hydrogens is 256 g/mol. The highest BCUT2D eigenvalue weighted by atomic mass is 32.2. The van der Waals surface area contributed by atoms with Gasteiger partial charge in [0.2, 0.25) is 10.0 Å². The highest BCUT2D eigenvalue weighted by Crippen LogP contribution is 2.21. The lowest BCUT2D eigenvalue weighted by Gasteiger charge is -2.11. The van der Waals surface area contributed by atoms with E-state index in [1.165, 1.54) is 6.07 Å². The van der Waals surface area contributed by atoms with Crippen molar-refractivity contribution in [2.45, 2.75) is 18.7 Å². The molecule has 0 atom stereocenters. The fourth-order valence-electron chi connectivity index (χ4n) is 1.50. The average molecular weight is 272 g/mol. The number of sulfonamides is 1. The summed E-state index contributed by atoms with van der Waals surface area (Å²) in [7, 11) is -3.72. The summed E-state index contributed by atoms with van der Waals surface area (Å²) in [6.07, 6.45) is 0. The van der Waals surface area contributed by atoms with Gasteiger partial charge in [-0.3, -0.25) is 0 Å². The maximum atomic E-state index is 12.0. The third-order valence-corrected chi connectivity index (χ3v) is 4.18. The summed E-state index contributed by atoms with van der Waals surface area (Å²) in [5.74, 6) is -1.16. The van der Waals surface area contributed by atoms with Crippen LogP contribution in [0.1, 0.15) is 21.5 Å². The lowest BCUT2D eigenvalue weighted by atomic mass is 10.1. The topological polar surface area (TPSA) is 109 Å². The number of carboxylic acid groups (broad SMARTS) is 1. The standard InChI is InChI=1S/C11H16N2O4S/c1-7-5-9(11(14)15)6-10(8(7)2)18(16,17)13-4-3-12/h5-6,13H,3-4,12H2,1-2H3,(H,14,15). The first-order chi connectivity index (χ1) is 8.29. The Kier molecular flexibility index (Phi) is 4.44. The molecule has 0 amide bonds. The quantitative estimate of drug-likeness (QED) is 0.711. The summed E-state index contributed by atoms with van der Waals surface area (Å²) in [6.45, 7) is 3.59. The number of nitrogens with one attached hydrogen (secondary N) is 1. The molecule has 0 saturated heterocycles. The van der Waals surface area contributed by atoms with Crippen molar-refractivity contribution in [3.8, 4) is 0 Å². The minimum Gasteiger partial charge on any atom is -0.478 e. The van der Waals surface area contributed by atoms with Gasteiger partial charge in [-0.15, -0.1) is 0 Å². The van der Waals surface area contributed by atoms with Crippen LogP contribution in [0.2, 0.25) is 0 Å². The molecule has 1 rings (SSSR count). The Morgan fingerprint density at radius 3 is 2.50 bits per heavy atom. The Bertz CT molecular complexity index is 567. The lowest BCUT2D eigenvalue weighted by Crippen LogP contribution is -2.30. The van der Waals surface area contributed by atoms with Gasteiger partial charge in [-0.25, -0.2) is 17.9 Å². The van der Waals surface area contributed by atoms with E-state index >= 15 is 0 Å². The lowest BCUT2D eigenvalue weighted by molar-refractivity contribution is 0.0696. The SMILES string of the molecule is Cc1cc(C(=O)O)cc(S(=O)(=O)NCCN)c1C. The molecule has 6 nitrogen and oxygen atoms in total. The Balaban J connectivity index is 3.35. The predicted molar refractivity (Wildman–Crippen MR) is 67.1 cm³/mol. The minimum atomic E-state index is -3.72. The first-order valence-corrected chi connectivity index (χ1v) is 6.82. The summed E-state index contributed by atoms with van der Waals surface area (Å²) in [4.78, 5) is 10.9. The Hall–Kier alpha value is -1.44. The second kappa shape index (κ2) is 5.47. The van der Waals surface area contributed by atoms with Crippen LogP contribution in [0.3, 0.4) is 0 Å². The van der Waals surface area contributed by atoms with Gasteiger partial charge in [0.25, 0.3) is 0 Å². The average Bonchev–Trinajstić information content (AvgIpc) is 2.29. The zero-order valence-corrected chi connectivity index (χ0v) is 11.0. The van der Waals surface area contributed by atoms with E-state index < -0.39 is 16.0 Å². The van der Waals surface area contributed by atoms with E-state index in [1.54, 1.807) is 13.8 Å². The maximum Gasteiger partial charge on any atom is 0.335 e. The molecule has 0 aliphatic heterocycles. The van der Waals surface area contributed by atoms with Crippen molar-refractivity contribution in [1.29, 1.82) is 0 Å². The van der Waals surface area contributed by atoms with E-state index in [1.807, 2.05) is 0 Å². The number of carboxylic acids is 1. The Labute approximate surface area is 106 Å². The summed E-state index contributed by atoms with van der Waals surface area (Å²) < 4.78 is 26.3. The Morgan fingerprint density at radius 1 is 1.39 bits per heavy atom. The third kappa shape index (κ3) is 3.06. The summed E-state index contributed by atoms with van der Waals surface area (Å²) in [5.41, 5.74) is 6.33. The van der Waals surface area contributed by atoms with Gasteiger partial charge in [-0.1, -0.05) is 0 Å². The van der Waals surface area contributed by atoms with Crippen LogP contribution in [0, 0.1) is 13.8 Å². The monoisotopic (exact) mass is 272 g/mol. The first kappa shape index (κ1) is 14.6.